The Morgan fingerprint density at radius 2 is 1.73 bits per heavy atom. The first kappa shape index (κ1) is 25.2. The smallest absolute Gasteiger partial charge is 0.229 e. The third kappa shape index (κ3) is 7.21. The van der Waals surface area contributed by atoms with Gasteiger partial charge in [-0.2, -0.15) is 15.1 Å². The van der Waals surface area contributed by atoms with Crippen molar-refractivity contribution in [3.8, 4) is 5.75 Å². The van der Waals surface area contributed by atoms with Gasteiger partial charge in [-0.1, -0.05) is 39.8 Å². The van der Waals surface area contributed by atoms with E-state index in [1.54, 1.807) is 12.1 Å². The van der Waals surface area contributed by atoms with Gasteiger partial charge in [0, 0.05) is 39.0 Å². The molecule has 30 heavy (non-hydrogen) atoms. The van der Waals surface area contributed by atoms with Gasteiger partial charge < -0.3 is 15.0 Å². The van der Waals surface area contributed by atoms with Gasteiger partial charge in [-0.15, -0.1) is 0 Å². The molecule has 0 bridgehead atoms. The summed E-state index contributed by atoms with van der Waals surface area (Å²) in [6, 6.07) is 9.91. The number of hydrogen-bond acceptors (Lipinski definition) is 7. The molecule has 2 aromatic rings. The van der Waals surface area contributed by atoms with E-state index in [0.717, 1.165) is 42.0 Å². The van der Waals surface area contributed by atoms with Crippen molar-refractivity contribution in [3.63, 3.8) is 0 Å². The van der Waals surface area contributed by atoms with E-state index in [1.165, 1.54) is 12.8 Å². The van der Waals surface area contributed by atoms with E-state index in [2.05, 4.69) is 27.0 Å². The molecule has 0 amide bonds. The summed E-state index contributed by atoms with van der Waals surface area (Å²) < 4.78 is 5.20. The lowest BCUT2D eigenvalue weighted by Gasteiger charge is -2.21. The molecule has 1 N–H and O–H groups in total. The second-order valence-electron chi connectivity index (χ2n) is 6.16. The molecule has 1 fully saturated rings. The van der Waals surface area contributed by atoms with E-state index in [9.17, 15) is 0 Å². The Morgan fingerprint density at radius 3 is 2.27 bits per heavy atom. The van der Waals surface area contributed by atoms with Crippen LogP contribution in [-0.2, 0) is 6.54 Å². The molecule has 0 spiro atoms. The molecule has 1 saturated heterocycles. The Morgan fingerprint density at radius 1 is 1.10 bits per heavy atom. The van der Waals surface area contributed by atoms with Gasteiger partial charge >= 0.3 is 0 Å². The van der Waals surface area contributed by atoms with Crippen molar-refractivity contribution in [3.05, 3.63) is 35.9 Å². The van der Waals surface area contributed by atoms with E-state index in [4.69, 9.17) is 9.72 Å². The Labute approximate surface area is 182 Å². The summed E-state index contributed by atoms with van der Waals surface area (Å²) in [6.45, 7) is 17.0. The van der Waals surface area contributed by atoms with Crippen LogP contribution in [-0.4, -0.2) is 43.4 Å². The number of hydrazone groups is 1. The molecule has 0 saturated carbocycles. The number of aromatic nitrogens is 2. The SMILES string of the molecule is C=NN(CC)c1cc(NCc2ccc(OC)cc2)nc(N2CCCC2)n1.CC.CC. The summed E-state index contributed by atoms with van der Waals surface area (Å²) in [4.78, 5) is 11.6. The third-order valence-corrected chi connectivity index (χ3v) is 4.46. The molecule has 7 nitrogen and oxygen atoms in total. The number of benzene rings is 1. The Hall–Kier alpha value is -2.83. The largest absolute Gasteiger partial charge is 0.497 e. The van der Waals surface area contributed by atoms with Crippen molar-refractivity contribution < 1.29 is 4.74 Å². The maximum Gasteiger partial charge on any atom is 0.229 e. The van der Waals surface area contributed by atoms with Gasteiger partial charge in [0.05, 0.1) is 7.11 Å². The fourth-order valence-electron chi connectivity index (χ4n) is 2.97. The number of ether oxygens (including phenoxy) is 1. The summed E-state index contributed by atoms with van der Waals surface area (Å²) in [6.07, 6.45) is 2.36. The zero-order valence-electron chi connectivity index (χ0n) is 19.5. The van der Waals surface area contributed by atoms with Crippen molar-refractivity contribution >= 4 is 24.3 Å². The van der Waals surface area contributed by atoms with Crippen molar-refractivity contribution in [1.82, 2.24) is 9.97 Å². The van der Waals surface area contributed by atoms with E-state index in [-0.39, 0.29) is 0 Å². The second-order valence-corrected chi connectivity index (χ2v) is 6.16. The predicted octanol–water partition coefficient (Wildman–Crippen LogP) is 5.19. The molecule has 2 heterocycles. The predicted molar refractivity (Wildman–Crippen MR) is 129 cm³/mol. The van der Waals surface area contributed by atoms with Crippen molar-refractivity contribution in [2.24, 2.45) is 5.10 Å². The van der Waals surface area contributed by atoms with Crippen molar-refractivity contribution in [2.45, 2.75) is 54.0 Å². The number of nitrogens with zero attached hydrogens (tertiary/aromatic N) is 5. The standard InChI is InChI=1S/C19H26N6O.2C2H6/c1-4-25(20-2)18-13-17(22-19(23-18)24-11-5-6-12-24)21-14-15-7-9-16(26-3)10-8-15;2*1-2/h7-10,13H,2,4-6,11-12,14H2,1,3H3,(H,21,22,23);2*1-2H3. The fraction of sp³-hybridized carbons (Fsp3) is 0.522. The summed E-state index contributed by atoms with van der Waals surface area (Å²) in [5.74, 6) is 3.15. The number of anilines is 3. The van der Waals surface area contributed by atoms with Crippen molar-refractivity contribution in [1.29, 1.82) is 0 Å². The topological polar surface area (TPSA) is 65.9 Å². The number of rotatable bonds is 8. The van der Waals surface area contributed by atoms with E-state index in [1.807, 2.05) is 65.0 Å². The van der Waals surface area contributed by atoms with Crippen LogP contribution >= 0.6 is 0 Å². The maximum atomic E-state index is 5.20. The normalized spacial score (nSPS) is 12.1. The van der Waals surface area contributed by atoms with Crippen LogP contribution in [0.1, 0.15) is 53.0 Å². The molecular weight excluding hydrogens is 376 g/mol. The molecule has 7 heteroatoms. The molecule has 1 aliphatic rings. The van der Waals surface area contributed by atoms with Crippen LogP contribution in [0.25, 0.3) is 0 Å². The van der Waals surface area contributed by atoms with Crippen LogP contribution in [0.4, 0.5) is 17.6 Å². The van der Waals surface area contributed by atoms with Crippen LogP contribution < -0.4 is 20.0 Å². The highest BCUT2D eigenvalue weighted by Gasteiger charge is 2.18. The molecule has 0 unspecified atom stereocenters. The number of hydrogen-bond donors (Lipinski definition) is 1. The Balaban J connectivity index is 0.00000106. The van der Waals surface area contributed by atoms with Gasteiger partial charge in [-0.25, -0.2) is 5.01 Å². The second kappa shape index (κ2) is 14.2. The first-order valence-corrected chi connectivity index (χ1v) is 11.0. The zero-order chi connectivity index (χ0) is 22.4. The lowest BCUT2D eigenvalue weighted by Crippen LogP contribution is -2.23. The van der Waals surface area contributed by atoms with Gasteiger partial charge in [-0.3, -0.25) is 0 Å². The van der Waals surface area contributed by atoms with Gasteiger partial charge in [0.15, 0.2) is 5.82 Å². The van der Waals surface area contributed by atoms with E-state index < -0.39 is 0 Å². The lowest BCUT2D eigenvalue weighted by molar-refractivity contribution is 0.414. The van der Waals surface area contributed by atoms with E-state index in [0.29, 0.717) is 13.1 Å². The zero-order valence-corrected chi connectivity index (χ0v) is 19.5. The Kier molecular flexibility index (Phi) is 11.9. The summed E-state index contributed by atoms with van der Waals surface area (Å²) >= 11 is 0. The minimum Gasteiger partial charge on any atom is -0.497 e. The van der Waals surface area contributed by atoms with Gasteiger partial charge in [0.2, 0.25) is 5.95 Å². The van der Waals surface area contributed by atoms with Gasteiger partial charge in [-0.05, 0) is 37.5 Å². The van der Waals surface area contributed by atoms with Gasteiger partial charge in [0.1, 0.15) is 11.6 Å². The van der Waals surface area contributed by atoms with Crippen molar-refractivity contribution in [2.75, 3.05) is 42.0 Å². The first-order valence-electron chi connectivity index (χ1n) is 11.0. The average molecular weight is 415 g/mol. The summed E-state index contributed by atoms with van der Waals surface area (Å²) in [7, 11) is 1.67. The van der Waals surface area contributed by atoms with Crippen LogP contribution in [0.15, 0.2) is 35.4 Å². The molecule has 166 valence electrons. The third-order valence-electron chi connectivity index (χ3n) is 4.46. The van der Waals surface area contributed by atoms with Crippen LogP contribution in [0.2, 0.25) is 0 Å². The molecule has 0 aliphatic carbocycles. The quantitative estimate of drug-likeness (QED) is 0.473. The first-order chi connectivity index (χ1) is 14.7. The summed E-state index contributed by atoms with van der Waals surface area (Å²) in [5, 5.41) is 9.23. The molecule has 0 atom stereocenters. The molecular formula is C23H38N6O. The fourth-order valence-corrected chi connectivity index (χ4v) is 2.97. The molecule has 1 aliphatic heterocycles. The number of nitrogens with one attached hydrogen (secondary N) is 1. The molecule has 1 aromatic carbocycles. The maximum absolute atomic E-state index is 5.20. The molecule has 3 rings (SSSR count). The number of methoxy groups -OCH3 is 1. The van der Waals surface area contributed by atoms with Crippen LogP contribution in [0.5, 0.6) is 5.75 Å². The van der Waals surface area contributed by atoms with Crippen LogP contribution in [0.3, 0.4) is 0 Å². The minimum atomic E-state index is 0.674. The average Bonchev–Trinajstić information content (AvgIpc) is 3.37. The van der Waals surface area contributed by atoms with Gasteiger partial charge in [0.25, 0.3) is 0 Å². The monoisotopic (exact) mass is 414 g/mol. The lowest BCUT2D eigenvalue weighted by atomic mass is 10.2. The molecule has 0 radical (unpaired) electrons. The minimum absolute atomic E-state index is 0.674. The van der Waals surface area contributed by atoms with Crippen LogP contribution in [0, 0.1) is 0 Å². The highest BCUT2D eigenvalue weighted by Crippen LogP contribution is 2.24. The molecule has 1 aromatic heterocycles. The van der Waals surface area contributed by atoms with E-state index >= 15 is 0 Å². The highest BCUT2D eigenvalue weighted by atomic mass is 16.5. The summed E-state index contributed by atoms with van der Waals surface area (Å²) in [5.41, 5.74) is 1.16. The highest BCUT2D eigenvalue weighted by molar-refractivity contribution is 5.55. The Bertz CT molecular complexity index is 729.